The molecule has 9 heteroatoms. The number of carbonyl (C=O) groups excluding carboxylic acids is 1. The molecule has 1 aliphatic heterocycles. The summed E-state index contributed by atoms with van der Waals surface area (Å²) in [5, 5.41) is 0. The third kappa shape index (κ3) is 8.13. The van der Waals surface area contributed by atoms with Gasteiger partial charge in [-0.25, -0.2) is 0 Å². The number of hydrogen-bond acceptors (Lipinski definition) is 3. The molecule has 2 aromatic carbocycles. The Morgan fingerprint density at radius 2 is 1.51 bits per heavy atom. The molecule has 2 unspecified atom stereocenters. The fraction of sp³-hybridized carbons (Fsp3) is 0.423. The first-order chi connectivity index (χ1) is 16.4. The highest BCUT2D eigenvalue weighted by atomic mass is 19.4. The second kappa shape index (κ2) is 11.3. The fourth-order valence-electron chi connectivity index (χ4n) is 4.31. The van der Waals surface area contributed by atoms with Crippen LogP contribution in [0.4, 0.5) is 26.3 Å². The topological polar surface area (TPSA) is 29.5 Å². The van der Waals surface area contributed by atoms with E-state index in [9.17, 15) is 31.1 Å². The summed E-state index contributed by atoms with van der Waals surface area (Å²) < 4.78 is 82.0. The van der Waals surface area contributed by atoms with Gasteiger partial charge in [-0.2, -0.15) is 26.3 Å². The molecule has 0 amide bonds. The minimum absolute atomic E-state index is 0.0138. The van der Waals surface area contributed by atoms with E-state index in [1.165, 1.54) is 24.3 Å². The fourth-order valence-corrected chi connectivity index (χ4v) is 4.31. The van der Waals surface area contributed by atoms with Gasteiger partial charge in [0.2, 0.25) is 0 Å². The molecule has 1 heterocycles. The van der Waals surface area contributed by atoms with Gasteiger partial charge in [-0.1, -0.05) is 36.4 Å². The molecule has 1 saturated heterocycles. The van der Waals surface area contributed by atoms with Gasteiger partial charge in [0, 0.05) is 26.1 Å². The van der Waals surface area contributed by atoms with Gasteiger partial charge in [0.15, 0.2) is 0 Å². The molecule has 0 bridgehead atoms. The van der Waals surface area contributed by atoms with Gasteiger partial charge < -0.3 is 4.74 Å². The lowest BCUT2D eigenvalue weighted by Crippen LogP contribution is -2.40. The average Bonchev–Trinajstić information content (AvgIpc) is 2.77. The number of likely N-dealkylation sites (tertiary alicyclic amines) is 1. The van der Waals surface area contributed by atoms with Crippen LogP contribution in [-0.2, 0) is 28.4 Å². The van der Waals surface area contributed by atoms with E-state index in [1.807, 2.05) is 6.08 Å². The van der Waals surface area contributed by atoms with Crippen LogP contribution in [0, 0.1) is 11.8 Å². The number of piperidine rings is 1. The van der Waals surface area contributed by atoms with Crippen LogP contribution in [0.2, 0.25) is 0 Å². The third-order valence-corrected chi connectivity index (χ3v) is 5.89. The summed E-state index contributed by atoms with van der Waals surface area (Å²) in [5.74, 6) is -0.307. The van der Waals surface area contributed by atoms with Crippen LogP contribution in [0.5, 0.6) is 0 Å². The van der Waals surface area contributed by atoms with Crippen molar-refractivity contribution >= 4 is 12.0 Å². The number of rotatable bonds is 7. The molecule has 35 heavy (non-hydrogen) atoms. The summed E-state index contributed by atoms with van der Waals surface area (Å²) in [6, 6.07) is 9.86. The summed E-state index contributed by atoms with van der Waals surface area (Å²) in [6.07, 6.45) is -4.21. The summed E-state index contributed by atoms with van der Waals surface area (Å²) in [7, 11) is 0. The monoisotopic (exact) mass is 499 g/mol. The zero-order valence-corrected chi connectivity index (χ0v) is 19.2. The molecule has 1 fully saturated rings. The van der Waals surface area contributed by atoms with Gasteiger partial charge >= 0.3 is 18.3 Å². The van der Waals surface area contributed by atoms with Gasteiger partial charge in [0.1, 0.15) is 0 Å². The first-order valence-corrected chi connectivity index (χ1v) is 11.3. The summed E-state index contributed by atoms with van der Waals surface area (Å²) in [5.41, 5.74) is -0.0815. The zero-order chi connectivity index (χ0) is 25.6. The number of halogens is 6. The molecule has 0 N–H and O–H groups in total. The maximum absolute atomic E-state index is 12.9. The Hall–Kier alpha value is -2.81. The first kappa shape index (κ1) is 26.8. The average molecular weight is 499 g/mol. The van der Waals surface area contributed by atoms with E-state index in [2.05, 4.69) is 4.90 Å². The number of benzene rings is 2. The van der Waals surface area contributed by atoms with Crippen LogP contribution in [0.15, 0.2) is 54.6 Å². The Bertz CT molecular complexity index is 996. The highest BCUT2D eigenvalue weighted by molar-refractivity contribution is 5.69. The normalized spacial score (nSPS) is 19.7. The van der Waals surface area contributed by atoms with E-state index >= 15 is 0 Å². The molecule has 0 aliphatic carbocycles. The summed E-state index contributed by atoms with van der Waals surface area (Å²) >= 11 is 0. The van der Waals surface area contributed by atoms with E-state index < -0.39 is 23.5 Å². The van der Waals surface area contributed by atoms with Crippen LogP contribution in [-0.4, -0.2) is 30.6 Å². The van der Waals surface area contributed by atoms with E-state index in [-0.39, 0.29) is 30.8 Å². The molecule has 3 nitrogen and oxygen atoms in total. The lowest BCUT2D eigenvalue weighted by atomic mass is 9.86. The van der Waals surface area contributed by atoms with Crippen molar-refractivity contribution in [1.29, 1.82) is 0 Å². The minimum Gasteiger partial charge on any atom is -0.466 e. The molecule has 1 aliphatic rings. The maximum atomic E-state index is 12.9. The Morgan fingerprint density at radius 3 is 2.06 bits per heavy atom. The number of nitrogens with zero attached hydrogens (tertiary/aromatic N) is 1. The number of esters is 1. The second-order valence-corrected chi connectivity index (χ2v) is 8.74. The van der Waals surface area contributed by atoms with Crippen LogP contribution in [0.25, 0.3) is 6.08 Å². The number of carbonyl (C=O) groups is 1. The van der Waals surface area contributed by atoms with Gasteiger partial charge in [0.05, 0.1) is 17.7 Å². The smallest absolute Gasteiger partial charge is 0.416 e. The van der Waals surface area contributed by atoms with Crippen molar-refractivity contribution in [2.75, 3.05) is 19.7 Å². The van der Waals surface area contributed by atoms with Crippen LogP contribution < -0.4 is 0 Å². The van der Waals surface area contributed by atoms with E-state index in [1.54, 1.807) is 13.0 Å². The predicted molar refractivity (Wildman–Crippen MR) is 120 cm³/mol. The third-order valence-electron chi connectivity index (χ3n) is 5.89. The van der Waals surface area contributed by atoms with Gasteiger partial charge in [-0.15, -0.1) is 0 Å². The molecule has 2 atom stereocenters. The molecular formula is C26H27F6NO2. The summed E-state index contributed by atoms with van der Waals surface area (Å²) in [6.45, 7) is 3.62. The molecular weight excluding hydrogens is 472 g/mol. The highest BCUT2D eigenvalue weighted by Crippen LogP contribution is 2.32. The van der Waals surface area contributed by atoms with Gasteiger partial charge in [0.25, 0.3) is 0 Å². The molecule has 0 radical (unpaired) electrons. The number of hydrogen-bond donors (Lipinski definition) is 0. The van der Waals surface area contributed by atoms with E-state index in [0.29, 0.717) is 31.6 Å². The van der Waals surface area contributed by atoms with Crippen LogP contribution >= 0.6 is 0 Å². The minimum atomic E-state index is -4.40. The highest BCUT2D eigenvalue weighted by Gasteiger charge is 2.31. The van der Waals surface area contributed by atoms with Gasteiger partial charge in [-0.05, 0) is 60.6 Å². The standard InChI is InChI=1S/C26H27F6NO2/c1-2-35-24(34)14-21-13-20(4-3-18-5-9-22(10-6-18)25(27,28)29)16-33(17-21)15-19-7-11-23(12-8-19)26(30,31)32/h3-12,20-21H,2,13-17H2,1H3/b4-3+. The van der Waals surface area contributed by atoms with Gasteiger partial charge in [-0.3, -0.25) is 9.69 Å². The maximum Gasteiger partial charge on any atom is 0.416 e. The SMILES string of the molecule is CCOC(=O)CC1CC(/C=C/c2ccc(C(F)(F)F)cc2)CN(Cc2ccc(C(F)(F)F)cc2)C1. The molecule has 2 aromatic rings. The molecule has 0 spiro atoms. The molecule has 190 valence electrons. The van der Waals surface area contributed by atoms with Crippen molar-refractivity contribution < 1.29 is 35.9 Å². The van der Waals surface area contributed by atoms with Crippen molar-refractivity contribution in [3.63, 3.8) is 0 Å². The second-order valence-electron chi connectivity index (χ2n) is 8.74. The largest absolute Gasteiger partial charge is 0.466 e. The van der Waals surface area contributed by atoms with Crippen molar-refractivity contribution in [3.05, 3.63) is 76.9 Å². The number of ether oxygens (including phenoxy) is 1. The van der Waals surface area contributed by atoms with Crippen molar-refractivity contribution in [3.8, 4) is 0 Å². The zero-order valence-electron chi connectivity index (χ0n) is 19.2. The number of alkyl halides is 6. The lowest BCUT2D eigenvalue weighted by molar-refractivity contribution is -0.145. The van der Waals surface area contributed by atoms with Crippen molar-refractivity contribution in [2.45, 2.75) is 38.7 Å². The van der Waals surface area contributed by atoms with Crippen LogP contribution in [0.3, 0.4) is 0 Å². The summed E-state index contributed by atoms with van der Waals surface area (Å²) in [4.78, 5) is 14.1. The molecule has 0 aromatic heterocycles. The van der Waals surface area contributed by atoms with E-state index in [4.69, 9.17) is 4.74 Å². The van der Waals surface area contributed by atoms with Crippen LogP contribution in [0.1, 0.15) is 42.0 Å². The quantitative estimate of drug-likeness (QED) is 0.309. The van der Waals surface area contributed by atoms with Crippen molar-refractivity contribution in [1.82, 2.24) is 4.90 Å². The first-order valence-electron chi connectivity index (χ1n) is 11.3. The Kier molecular flexibility index (Phi) is 8.64. The molecule has 0 saturated carbocycles. The molecule has 3 rings (SSSR count). The predicted octanol–water partition coefficient (Wildman–Crippen LogP) is 6.83. The van der Waals surface area contributed by atoms with Crippen molar-refractivity contribution in [2.24, 2.45) is 11.8 Å². The Morgan fingerprint density at radius 1 is 0.943 bits per heavy atom. The Labute approximate surface area is 200 Å². The Balaban J connectivity index is 1.71. The lowest BCUT2D eigenvalue weighted by Gasteiger charge is -2.36. The van der Waals surface area contributed by atoms with E-state index in [0.717, 1.165) is 29.8 Å².